The summed E-state index contributed by atoms with van der Waals surface area (Å²) in [5.74, 6) is -0.597. The highest BCUT2D eigenvalue weighted by atomic mass is 32.1. The third-order valence-corrected chi connectivity index (χ3v) is 4.66. The molecule has 1 saturated carbocycles. The summed E-state index contributed by atoms with van der Waals surface area (Å²) in [5.41, 5.74) is 0. The number of ether oxygens (including phenoxy) is 2. The van der Waals surface area contributed by atoms with Gasteiger partial charge in [0.2, 0.25) is 0 Å². The van der Waals surface area contributed by atoms with Gasteiger partial charge in [-0.1, -0.05) is 6.42 Å². The maximum absolute atomic E-state index is 12.2. The number of esters is 1. The molecule has 0 bridgehead atoms. The van der Waals surface area contributed by atoms with E-state index in [4.69, 9.17) is 9.47 Å². The number of hydrogen-bond donors (Lipinski definition) is 1. The van der Waals surface area contributed by atoms with E-state index in [-0.39, 0.29) is 22.7 Å². The largest absolute Gasteiger partial charge is 0.505 e. The summed E-state index contributed by atoms with van der Waals surface area (Å²) in [4.78, 5) is 21.0. The number of aromatic nitrogens is 2. The van der Waals surface area contributed by atoms with Crippen molar-refractivity contribution in [3.8, 4) is 11.8 Å². The van der Waals surface area contributed by atoms with E-state index in [1.807, 2.05) is 0 Å². The van der Waals surface area contributed by atoms with E-state index in [0.29, 0.717) is 10.2 Å². The molecule has 2 aromatic rings. The van der Waals surface area contributed by atoms with Crippen LogP contribution >= 0.6 is 11.3 Å². The van der Waals surface area contributed by atoms with Gasteiger partial charge in [-0.25, -0.2) is 9.78 Å². The fourth-order valence-corrected chi connectivity index (χ4v) is 3.40. The summed E-state index contributed by atoms with van der Waals surface area (Å²) in [7, 11) is 1.47. The second-order valence-corrected chi connectivity index (χ2v) is 6.02. The Morgan fingerprint density at radius 2 is 2.14 bits per heavy atom. The van der Waals surface area contributed by atoms with Crippen LogP contribution in [-0.2, 0) is 4.74 Å². The minimum atomic E-state index is -0.485. The van der Waals surface area contributed by atoms with Crippen LogP contribution in [0.15, 0.2) is 6.20 Å². The zero-order chi connectivity index (χ0) is 14.8. The Bertz CT molecular complexity index is 664. The molecule has 1 fully saturated rings. The van der Waals surface area contributed by atoms with E-state index in [1.54, 1.807) is 0 Å². The van der Waals surface area contributed by atoms with Crippen LogP contribution in [0.25, 0.3) is 10.2 Å². The van der Waals surface area contributed by atoms with Gasteiger partial charge in [0.1, 0.15) is 10.9 Å². The van der Waals surface area contributed by atoms with Gasteiger partial charge in [-0.3, -0.25) is 0 Å². The van der Waals surface area contributed by atoms with Crippen molar-refractivity contribution in [3.63, 3.8) is 0 Å². The number of carbonyl (C=O) groups excluding carboxylic acids is 1. The molecule has 1 aliphatic rings. The molecule has 0 radical (unpaired) electrons. The van der Waals surface area contributed by atoms with Crippen molar-refractivity contribution in [1.82, 2.24) is 9.97 Å². The molecular formula is C14H16N2O4S. The SMILES string of the molecule is COc1ncc2c(O)c(C(=O)OC3CCCCC3)sc2n1. The van der Waals surface area contributed by atoms with Crippen LogP contribution in [0.4, 0.5) is 0 Å². The Morgan fingerprint density at radius 3 is 2.86 bits per heavy atom. The van der Waals surface area contributed by atoms with Crippen LogP contribution in [0.5, 0.6) is 11.8 Å². The second-order valence-electron chi connectivity index (χ2n) is 5.02. The molecule has 2 aromatic heterocycles. The van der Waals surface area contributed by atoms with Gasteiger partial charge >= 0.3 is 12.0 Å². The first kappa shape index (κ1) is 14.1. The number of nitrogens with zero attached hydrogens (tertiary/aromatic N) is 2. The molecule has 0 amide bonds. The molecule has 0 unspecified atom stereocenters. The Balaban J connectivity index is 1.85. The van der Waals surface area contributed by atoms with Gasteiger partial charge in [0.15, 0.2) is 10.6 Å². The maximum atomic E-state index is 12.2. The number of aromatic hydroxyl groups is 1. The van der Waals surface area contributed by atoms with Crippen LogP contribution in [0.3, 0.4) is 0 Å². The molecule has 0 aromatic carbocycles. The summed E-state index contributed by atoms with van der Waals surface area (Å²) in [6.45, 7) is 0. The highest BCUT2D eigenvalue weighted by molar-refractivity contribution is 7.20. The van der Waals surface area contributed by atoms with E-state index in [0.717, 1.165) is 37.0 Å². The van der Waals surface area contributed by atoms with E-state index < -0.39 is 5.97 Å². The van der Waals surface area contributed by atoms with Gasteiger partial charge in [-0.05, 0) is 25.7 Å². The van der Waals surface area contributed by atoms with E-state index >= 15 is 0 Å². The summed E-state index contributed by atoms with van der Waals surface area (Å²) in [6.07, 6.45) is 6.55. The summed E-state index contributed by atoms with van der Waals surface area (Å²) < 4.78 is 10.4. The normalized spacial score (nSPS) is 16.0. The molecule has 0 saturated heterocycles. The van der Waals surface area contributed by atoms with Crippen molar-refractivity contribution in [3.05, 3.63) is 11.1 Å². The number of carbonyl (C=O) groups is 1. The highest BCUT2D eigenvalue weighted by Gasteiger charge is 2.24. The summed E-state index contributed by atoms with van der Waals surface area (Å²) >= 11 is 1.09. The van der Waals surface area contributed by atoms with Crippen LogP contribution in [-0.4, -0.2) is 34.3 Å². The van der Waals surface area contributed by atoms with Crippen LogP contribution in [0, 0.1) is 0 Å². The fraction of sp³-hybridized carbons (Fsp3) is 0.500. The first-order valence-electron chi connectivity index (χ1n) is 6.92. The van der Waals surface area contributed by atoms with Crippen molar-refractivity contribution in [2.75, 3.05) is 7.11 Å². The number of fused-ring (bicyclic) bond motifs is 1. The van der Waals surface area contributed by atoms with Crippen LogP contribution in [0.2, 0.25) is 0 Å². The maximum Gasteiger partial charge on any atom is 0.352 e. The molecular weight excluding hydrogens is 292 g/mol. The molecule has 0 spiro atoms. The minimum Gasteiger partial charge on any atom is -0.505 e. The number of hydrogen-bond acceptors (Lipinski definition) is 7. The van der Waals surface area contributed by atoms with Gasteiger partial charge in [0.25, 0.3) is 0 Å². The molecule has 1 N–H and O–H groups in total. The average molecular weight is 308 g/mol. The molecule has 0 atom stereocenters. The first-order valence-corrected chi connectivity index (χ1v) is 7.74. The highest BCUT2D eigenvalue weighted by Crippen LogP contribution is 2.37. The smallest absolute Gasteiger partial charge is 0.352 e. The molecule has 3 rings (SSSR count). The predicted molar refractivity (Wildman–Crippen MR) is 77.9 cm³/mol. The lowest BCUT2D eigenvalue weighted by molar-refractivity contribution is 0.0214. The van der Waals surface area contributed by atoms with Crippen molar-refractivity contribution >= 4 is 27.5 Å². The molecule has 6 nitrogen and oxygen atoms in total. The van der Waals surface area contributed by atoms with E-state index in [9.17, 15) is 9.90 Å². The minimum absolute atomic E-state index is 0.0449. The Morgan fingerprint density at radius 1 is 1.38 bits per heavy atom. The second kappa shape index (κ2) is 5.85. The van der Waals surface area contributed by atoms with Crippen molar-refractivity contribution in [2.24, 2.45) is 0 Å². The van der Waals surface area contributed by atoms with Gasteiger partial charge in [-0.15, -0.1) is 11.3 Å². The molecule has 112 valence electrons. The molecule has 7 heteroatoms. The first-order chi connectivity index (χ1) is 10.2. The van der Waals surface area contributed by atoms with Gasteiger partial charge < -0.3 is 14.6 Å². The zero-order valence-corrected chi connectivity index (χ0v) is 12.5. The topological polar surface area (TPSA) is 81.5 Å². The third-order valence-electron chi connectivity index (χ3n) is 3.59. The monoisotopic (exact) mass is 308 g/mol. The zero-order valence-electron chi connectivity index (χ0n) is 11.7. The van der Waals surface area contributed by atoms with E-state index in [2.05, 4.69) is 9.97 Å². The molecule has 21 heavy (non-hydrogen) atoms. The Labute approximate surface area is 125 Å². The summed E-state index contributed by atoms with van der Waals surface area (Å²) in [6, 6.07) is 0.205. The number of thiophene rings is 1. The van der Waals surface area contributed by atoms with Crippen molar-refractivity contribution < 1.29 is 19.4 Å². The molecule has 1 aliphatic carbocycles. The van der Waals surface area contributed by atoms with Crippen molar-refractivity contribution in [1.29, 1.82) is 0 Å². The lowest BCUT2D eigenvalue weighted by atomic mass is 9.98. The molecule has 2 heterocycles. The van der Waals surface area contributed by atoms with E-state index in [1.165, 1.54) is 19.7 Å². The quantitative estimate of drug-likeness (QED) is 0.878. The number of methoxy groups -OCH3 is 1. The number of rotatable bonds is 3. The van der Waals surface area contributed by atoms with Crippen LogP contribution in [0.1, 0.15) is 41.8 Å². The fourth-order valence-electron chi connectivity index (χ4n) is 2.48. The standard InChI is InChI=1S/C14H16N2O4S/c1-19-14-15-7-9-10(17)11(21-12(9)16-14)13(18)20-8-5-3-2-4-6-8/h7-8,17H,2-6H2,1H3. The van der Waals surface area contributed by atoms with Crippen molar-refractivity contribution in [2.45, 2.75) is 38.2 Å². The summed E-state index contributed by atoms with van der Waals surface area (Å²) in [5, 5.41) is 10.6. The Hall–Kier alpha value is -1.89. The lowest BCUT2D eigenvalue weighted by Crippen LogP contribution is -2.20. The van der Waals surface area contributed by atoms with Crippen LogP contribution < -0.4 is 4.74 Å². The average Bonchev–Trinajstić information content (AvgIpc) is 2.85. The third kappa shape index (κ3) is 2.78. The van der Waals surface area contributed by atoms with Gasteiger partial charge in [0.05, 0.1) is 12.5 Å². The molecule has 0 aliphatic heterocycles. The predicted octanol–water partition coefficient (Wildman–Crippen LogP) is 2.90. The van der Waals surface area contributed by atoms with Gasteiger partial charge in [0, 0.05) is 6.20 Å². The van der Waals surface area contributed by atoms with Gasteiger partial charge in [-0.2, -0.15) is 4.98 Å². The Kier molecular flexibility index (Phi) is 3.92. The lowest BCUT2D eigenvalue weighted by Gasteiger charge is -2.21.